The first-order chi connectivity index (χ1) is 14.6. The summed E-state index contributed by atoms with van der Waals surface area (Å²) in [6, 6.07) is 9.05. The van der Waals surface area contributed by atoms with Gasteiger partial charge in [-0.2, -0.15) is 18.3 Å². The number of hydrogen-bond acceptors (Lipinski definition) is 5. The summed E-state index contributed by atoms with van der Waals surface area (Å²) in [5, 5.41) is 18.6. The summed E-state index contributed by atoms with van der Waals surface area (Å²) in [7, 11) is 1.67. The van der Waals surface area contributed by atoms with Gasteiger partial charge in [-0.3, -0.25) is 4.79 Å². The number of alkyl halides is 3. The molecule has 1 aliphatic rings. The second kappa shape index (κ2) is 10.6. The molecule has 170 valence electrons. The first-order valence-corrected chi connectivity index (χ1v) is 9.58. The minimum atomic E-state index is -5.08. The van der Waals surface area contributed by atoms with Crippen LogP contribution in [0.3, 0.4) is 0 Å². The van der Waals surface area contributed by atoms with Crippen LogP contribution in [0.1, 0.15) is 23.3 Å². The van der Waals surface area contributed by atoms with Crippen molar-refractivity contribution in [3.8, 4) is 5.69 Å². The molecule has 0 radical (unpaired) electrons. The van der Waals surface area contributed by atoms with Crippen molar-refractivity contribution in [1.29, 1.82) is 0 Å². The van der Waals surface area contributed by atoms with Crippen LogP contribution in [0.2, 0.25) is 5.02 Å². The van der Waals surface area contributed by atoms with Crippen LogP contribution in [0, 0.1) is 0 Å². The fourth-order valence-electron chi connectivity index (χ4n) is 2.94. The van der Waals surface area contributed by atoms with Gasteiger partial charge < -0.3 is 20.5 Å². The summed E-state index contributed by atoms with van der Waals surface area (Å²) >= 11 is 6.01. The highest BCUT2D eigenvalue weighted by atomic mass is 35.5. The van der Waals surface area contributed by atoms with Gasteiger partial charge in [-0.05, 0) is 43.7 Å². The summed E-state index contributed by atoms with van der Waals surface area (Å²) in [6.07, 6.45) is -1.66. The predicted molar refractivity (Wildman–Crippen MR) is 106 cm³/mol. The summed E-state index contributed by atoms with van der Waals surface area (Å²) in [5.41, 5.74) is 0.935. The number of nitrogens with zero attached hydrogens (tertiary/aromatic N) is 2. The molecule has 1 fully saturated rings. The van der Waals surface area contributed by atoms with E-state index >= 15 is 0 Å². The number of ether oxygens (including phenoxy) is 1. The number of aliphatic carboxylic acids is 1. The Balaban J connectivity index is 0.000000423. The van der Waals surface area contributed by atoms with Crippen molar-refractivity contribution in [2.45, 2.75) is 24.6 Å². The molecular formula is C19H22ClF3N4O4. The Morgan fingerprint density at radius 2 is 2.10 bits per heavy atom. The van der Waals surface area contributed by atoms with Crippen LogP contribution in [0.4, 0.5) is 13.2 Å². The SMILES string of the molecule is COCCC1(NC(=O)c2ccn(-c3cccc(Cl)c3)n2)CCNC1.O=C(O)C(F)(F)F. The number of carbonyl (C=O) groups is 2. The van der Waals surface area contributed by atoms with Gasteiger partial charge in [0.2, 0.25) is 0 Å². The van der Waals surface area contributed by atoms with E-state index in [1.807, 2.05) is 12.1 Å². The van der Waals surface area contributed by atoms with Crippen LogP contribution in [-0.2, 0) is 9.53 Å². The molecule has 1 aromatic heterocycles. The monoisotopic (exact) mass is 462 g/mol. The van der Waals surface area contributed by atoms with Gasteiger partial charge in [-0.1, -0.05) is 17.7 Å². The van der Waals surface area contributed by atoms with Gasteiger partial charge in [-0.25, -0.2) is 9.48 Å². The molecule has 31 heavy (non-hydrogen) atoms. The van der Waals surface area contributed by atoms with E-state index in [1.165, 1.54) is 0 Å². The van der Waals surface area contributed by atoms with Gasteiger partial charge >= 0.3 is 12.1 Å². The van der Waals surface area contributed by atoms with Crippen LogP contribution < -0.4 is 10.6 Å². The van der Waals surface area contributed by atoms with Crippen LogP contribution >= 0.6 is 11.6 Å². The van der Waals surface area contributed by atoms with E-state index in [0.717, 1.165) is 31.6 Å². The van der Waals surface area contributed by atoms with E-state index in [0.29, 0.717) is 17.3 Å². The zero-order chi connectivity index (χ0) is 23.1. The molecule has 0 spiro atoms. The molecule has 1 unspecified atom stereocenters. The number of rotatable bonds is 6. The second-order valence-electron chi connectivity index (χ2n) is 6.83. The Morgan fingerprint density at radius 3 is 2.65 bits per heavy atom. The van der Waals surface area contributed by atoms with Crippen molar-refractivity contribution in [1.82, 2.24) is 20.4 Å². The van der Waals surface area contributed by atoms with Gasteiger partial charge in [0.25, 0.3) is 5.91 Å². The maximum absolute atomic E-state index is 12.6. The molecule has 2 aromatic rings. The molecule has 0 saturated carbocycles. The molecule has 0 aliphatic carbocycles. The molecule has 1 atom stereocenters. The number of carboxylic acid groups (broad SMARTS) is 1. The molecular weight excluding hydrogens is 441 g/mol. The van der Waals surface area contributed by atoms with Crippen molar-refractivity contribution in [3.63, 3.8) is 0 Å². The highest BCUT2D eigenvalue weighted by Crippen LogP contribution is 2.20. The Bertz CT molecular complexity index is 898. The number of halogens is 4. The van der Waals surface area contributed by atoms with Gasteiger partial charge in [0.15, 0.2) is 5.69 Å². The van der Waals surface area contributed by atoms with Crippen LogP contribution in [0.25, 0.3) is 5.69 Å². The van der Waals surface area contributed by atoms with Gasteiger partial charge in [-0.15, -0.1) is 0 Å². The number of nitrogens with one attached hydrogen (secondary N) is 2. The third-order valence-corrected chi connectivity index (χ3v) is 4.78. The van der Waals surface area contributed by atoms with Crippen LogP contribution in [0.15, 0.2) is 36.5 Å². The largest absolute Gasteiger partial charge is 0.490 e. The zero-order valence-corrected chi connectivity index (χ0v) is 17.3. The summed E-state index contributed by atoms with van der Waals surface area (Å²) in [6.45, 7) is 2.25. The summed E-state index contributed by atoms with van der Waals surface area (Å²) in [5.74, 6) is -2.93. The molecule has 12 heteroatoms. The number of hydrogen-bond donors (Lipinski definition) is 3. The number of carboxylic acids is 1. The van der Waals surface area contributed by atoms with E-state index in [9.17, 15) is 18.0 Å². The first-order valence-electron chi connectivity index (χ1n) is 9.20. The van der Waals surface area contributed by atoms with Crippen molar-refractivity contribution in [2.24, 2.45) is 0 Å². The third kappa shape index (κ3) is 7.23. The van der Waals surface area contributed by atoms with E-state index < -0.39 is 12.1 Å². The average molecular weight is 463 g/mol. The highest BCUT2D eigenvalue weighted by molar-refractivity contribution is 6.30. The van der Waals surface area contributed by atoms with Gasteiger partial charge in [0, 0.05) is 31.5 Å². The maximum Gasteiger partial charge on any atom is 0.490 e. The Kier molecular flexibility index (Phi) is 8.43. The zero-order valence-electron chi connectivity index (χ0n) is 16.6. The van der Waals surface area contributed by atoms with Crippen LogP contribution in [0.5, 0.6) is 0 Å². The quantitative estimate of drug-likeness (QED) is 0.609. The Hall–Kier alpha value is -2.63. The van der Waals surface area contributed by atoms with E-state index in [4.69, 9.17) is 26.2 Å². The number of carbonyl (C=O) groups excluding carboxylic acids is 1. The fraction of sp³-hybridized carbons (Fsp3) is 0.421. The van der Waals surface area contributed by atoms with Crippen molar-refractivity contribution in [3.05, 3.63) is 47.2 Å². The van der Waals surface area contributed by atoms with Crippen LogP contribution in [-0.4, -0.2) is 65.3 Å². The van der Waals surface area contributed by atoms with Crippen molar-refractivity contribution < 1.29 is 32.6 Å². The lowest BCUT2D eigenvalue weighted by atomic mass is 9.94. The fourth-order valence-corrected chi connectivity index (χ4v) is 3.12. The van der Waals surface area contributed by atoms with E-state index in [-0.39, 0.29) is 11.4 Å². The number of aromatic nitrogens is 2. The molecule has 8 nitrogen and oxygen atoms in total. The van der Waals surface area contributed by atoms with Crippen molar-refractivity contribution in [2.75, 3.05) is 26.8 Å². The van der Waals surface area contributed by atoms with Gasteiger partial charge in [0.05, 0.1) is 11.2 Å². The number of benzene rings is 1. The third-order valence-electron chi connectivity index (χ3n) is 4.54. The second-order valence-corrected chi connectivity index (χ2v) is 7.27. The maximum atomic E-state index is 12.6. The predicted octanol–water partition coefficient (Wildman–Crippen LogP) is 2.66. The lowest BCUT2D eigenvalue weighted by molar-refractivity contribution is -0.192. The van der Waals surface area contributed by atoms with Gasteiger partial charge in [0.1, 0.15) is 0 Å². The molecule has 0 bridgehead atoms. The van der Waals surface area contributed by atoms with Crippen molar-refractivity contribution >= 4 is 23.5 Å². The molecule has 3 N–H and O–H groups in total. The van der Waals surface area contributed by atoms with E-state index in [2.05, 4.69) is 15.7 Å². The standard InChI is InChI=1S/C17H21ClN4O2.C2HF3O2/c1-24-10-7-17(6-8-19-12-17)20-16(23)15-5-9-22(21-15)14-4-2-3-13(18)11-14;3-2(4,5)1(6)7/h2-5,9,11,19H,6-8,10,12H2,1H3,(H,20,23);(H,6,7). The average Bonchev–Trinajstić information content (AvgIpc) is 3.36. The topological polar surface area (TPSA) is 105 Å². The first kappa shape index (κ1) is 24.6. The number of methoxy groups -OCH3 is 1. The highest BCUT2D eigenvalue weighted by Gasteiger charge is 2.38. The molecule has 1 amide bonds. The molecule has 1 saturated heterocycles. The minimum Gasteiger partial charge on any atom is -0.475 e. The molecule has 1 aromatic carbocycles. The smallest absolute Gasteiger partial charge is 0.475 e. The molecule has 1 aliphatic heterocycles. The lowest BCUT2D eigenvalue weighted by Gasteiger charge is -2.29. The minimum absolute atomic E-state index is 0.171. The normalized spacial score (nSPS) is 18.2. The Labute approximate surface area is 181 Å². The Morgan fingerprint density at radius 1 is 1.39 bits per heavy atom. The number of amides is 1. The lowest BCUT2D eigenvalue weighted by Crippen LogP contribution is -2.50. The van der Waals surface area contributed by atoms with E-state index in [1.54, 1.807) is 36.2 Å². The summed E-state index contributed by atoms with van der Waals surface area (Å²) < 4.78 is 38.6. The molecule has 2 heterocycles. The molecule has 3 rings (SSSR count). The summed E-state index contributed by atoms with van der Waals surface area (Å²) in [4.78, 5) is 21.5.